The summed E-state index contributed by atoms with van der Waals surface area (Å²) >= 11 is 0. The minimum Gasteiger partial charge on any atom is -0.481 e. The van der Waals surface area contributed by atoms with Crippen LogP contribution in [0.25, 0.3) is 22.3 Å². The first kappa shape index (κ1) is 55.2. The molecule has 23 heteroatoms. The Balaban J connectivity index is 0.000000165. The van der Waals surface area contributed by atoms with Crippen LogP contribution in [0.15, 0.2) is 95.2 Å². The SMILES string of the molecule is CCC1CC(OC2CCOCC2)CC1C(=O)NNc1cnc2c(ccn2S(=O)(=O)c2ccc(C)cc2)n1.CCC1CC(OC2CCOCC2)CC1C(=O)O.Cc1ccc(S(=O)(=O)n2ccc3nc(NN)cnc32)cc1. The number of aryl methyl sites for hydroxylation is 2. The standard InChI is InChI=1S/C26H33N5O5S.C13H13N5O2S.C13H22O4/c1-3-18-14-20(36-19-9-12-35-13-10-19)15-22(18)26(32)30-29-24-16-27-25-23(28-24)8-11-31(25)37(33,34)21-6-4-17(2)5-7-21;1-9-2-4-10(5-3-9)21(19,20)18-7-6-11-13(18)15-8-12(16-11)17-14;1-2-9-7-11(8-12(9)13(14)15)17-10-3-5-16-6-4-10/h4-8,11,16,18-20,22H,3,9-10,12-15H2,1-2H3,(H,28,29)(H,30,32);2-8H,14H2,1H3,(H,16,17);9-12H,2-8H2,1H3,(H,14,15). The largest absolute Gasteiger partial charge is 0.481 e. The minimum absolute atomic E-state index is 0.0789. The normalized spacial score (nSPS) is 22.5. The maximum absolute atomic E-state index is 13.1. The zero-order chi connectivity index (χ0) is 53.3. The monoisotopic (exact) mass is 1070 g/mol. The highest BCUT2D eigenvalue weighted by molar-refractivity contribution is 7.90. The lowest BCUT2D eigenvalue weighted by Gasteiger charge is -2.25. The highest BCUT2D eigenvalue weighted by atomic mass is 32.2. The lowest BCUT2D eigenvalue weighted by atomic mass is 9.93. The van der Waals surface area contributed by atoms with Gasteiger partial charge in [0.25, 0.3) is 20.0 Å². The third kappa shape index (κ3) is 13.3. The lowest BCUT2D eigenvalue weighted by molar-refractivity contribution is -0.143. The second kappa shape index (κ2) is 24.7. The number of hydrogen-bond acceptors (Lipinski definition) is 17. The van der Waals surface area contributed by atoms with Gasteiger partial charge in [-0.15, -0.1) is 0 Å². The number of nitrogens with one attached hydrogen (secondary N) is 3. The summed E-state index contributed by atoms with van der Waals surface area (Å²) in [6.07, 6.45) is 15.1. The molecule has 2 saturated heterocycles. The van der Waals surface area contributed by atoms with E-state index < -0.39 is 26.0 Å². The minimum atomic E-state index is -3.81. The summed E-state index contributed by atoms with van der Waals surface area (Å²) in [5, 5.41) is 9.16. The van der Waals surface area contributed by atoms with Gasteiger partial charge in [-0.05, 0) is 113 Å². The average molecular weight is 1070 g/mol. The van der Waals surface area contributed by atoms with Gasteiger partial charge < -0.3 is 29.5 Å². The van der Waals surface area contributed by atoms with E-state index in [9.17, 15) is 26.4 Å². The number of hydrogen-bond donors (Lipinski definition) is 5. The molecule has 2 aromatic carbocycles. The van der Waals surface area contributed by atoms with Crippen molar-refractivity contribution >= 4 is 65.9 Å². The highest BCUT2D eigenvalue weighted by Crippen LogP contribution is 2.39. The Hall–Kier alpha value is -6.08. The third-order valence-corrected chi connectivity index (χ3v) is 17.8. The maximum atomic E-state index is 13.1. The molecule has 404 valence electrons. The van der Waals surface area contributed by atoms with E-state index in [0.717, 1.165) is 96.9 Å². The van der Waals surface area contributed by atoms with Crippen LogP contribution in [0.4, 0.5) is 11.6 Å². The molecule has 1 amide bonds. The molecule has 6 heterocycles. The van der Waals surface area contributed by atoms with Gasteiger partial charge >= 0.3 is 5.97 Å². The van der Waals surface area contributed by atoms with Gasteiger partial charge in [-0.1, -0.05) is 62.1 Å². The van der Waals surface area contributed by atoms with Crippen molar-refractivity contribution in [3.63, 3.8) is 0 Å². The van der Waals surface area contributed by atoms with E-state index in [1.54, 1.807) is 60.7 Å². The summed E-state index contributed by atoms with van der Waals surface area (Å²) in [6, 6.07) is 16.4. The van der Waals surface area contributed by atoms with Crippen LogP contribution in [0.5, 0.6) is 0 Å². The second-order valence-corrected chi connectivity index (χ2v) is 23.1. The van der Waals surface area contributed by atoms with E-state index in [2.05, 4.69) is 50.1 Å². The molecule has 6 aromatic rings. The molecule has 4 aromatic heterocycles. The lowest BCUT2D eigenvalue weighted by Crippen LogP contribution is -2.37. The van der Waals surface area contributed by atoms with Crippen LogP contribution >= 0.6 is 0 Å². The van der Waals surface area contributed by atoms with Crippen molar-refractivity contribution in [1.82, 2.24) is 33.3 Å². The average Bonchev–Trinajstić information content (AvgIpc) is 4.25. The van der Waals surface area contributed by atoms with E-state index >= 15 is 0 Å². The molecule has 6 unspecified atom stereocenters. The van der Waals surface area contributed by atoms with Crippen molar-refractivity contribution in [2.75, 3.05) is 37.3 Å². The first-order valence-electron chi connectivity index (χ1n) is 25.6. The fourth-order valence-electron chi connectivity index (χ4n) is 10.2. The number of aromatic nitrogens is 6. The molecule has 4 aliphatic rings. The zero-order valence-corrected chi connectivity index (χ0v) is 44.3. The topological polar surface area (TPSA) is 283 Å². The first-order chi connectivity index (χ1) is 36.1. The van der Waals surface area contributed by atoms with Gasteiger partial charge in [0.2, 0.25) is 5.91 Å². The van der Waals surface area contributed by atoms with Gasteiger partial charge in [0, 0.05) is 44.7 Å². The number of fused-ring (bicyclic) bond motifs is 2. The molecular formula is C52H68N10O11S2. The van der Waals surface area contributed by atoms with Crippen LogP contribution in [0, 0.1) is 37.5 Å². The van der Waals surface area contributed by atoms with Crippen molar-refractivity contribution in [2.24, 2.45) is 29.5 Å². The van der Waals surface area contributed by atoms with Crippen molar-refractivity contribution in [3.8, 4) is 0 Å². The predicted molar refractivity (Wildman–Crippen MR) is 280 cm³/mol. The number of carboxylic acids is 1. The summed E-state index contributed by atoms with van der Waals surface area (Å²) in [4.78, 5) is 41.5. The number of amides is 1. The molecule has 21 nitrogen and oxygen atoms in total. The number of nitrogens with zero attached hydrogens (tertiary/aromatic N) is 6. The fourth-order valence-corrected chi connectivity index (χ4v) is 12.8. The number of hydrazine groups is 2. The summed E-state index contributed by atoms with van der Waals surface area (Å²) < 4.78 is 76.7. The Morgan fingerprint density at radius 2 is 1.07 bits per heavy atom. The maximum Gasteiger partial charge on any atom is 0.306 e. The van der Waals surface area contributed by atoms with Gasteiger partial charge in [0.05, 0.1) is 52.5 Å². The molecular weight excluding hydrogens is 1000 g/mol. The van der Waals surface area contributed by atoms with E-state index in [4.69, 9.17) is 29.9 Å². The zero-order valence-electron chi connectivity index (χ0n) is 42.7. The Morgan fingerprint density at radius 1 is 0.640 bits per heavy atom. The number of ether oxygens (including phenoxy) is 4. The smallest absolute Gasteiger partial charge is 0.306 e. The molecule has 0 bridgehead atoms. The van der Waals surface area contributed by atoms with E-state index in [1.807, 2.05) is 13.8 Å². The summed E-state index contributed by atoms with van der Waals surface area (Å²) in [5.41, 5.74) is 11.3. The first-order valence-corrected chi connectivity index (χ1v) is 28.5. The highest BCUT2D eigenvalue weighted by Gasteiger charge is 2.40. The van der Waals surface area contributed by atoms with Crippen LogP contribution < -0.4 is 22.1 Å². The van der Waals surface area contributed by atoms with Crippen molar-refractivity contribution < 1.29 is 50.5 Å². The summed E-state index contributed by atoms with van der Waals surface area (Å²) in [5.74, 6) is 5.38. The number of rotatable bonds is 15. The van der Waals surface area contributed by atoms with E-state index in [-0.39, 0.29) is 75.1 Å². The molecule has 2 aliphatic heterocycles. The molecule has 2 aliphatic carbocycles. The van der Waals surface area contributed by atoms with Gasteiger partial charge in [-0.25, -0.2) is 50.6 Å². The van der Waals surface area contributed by atoms with Gasteiger partial charge in [-0.3, -0.25) is 20.4 Å². The number of nitrogen functional groups attached to an aromatic ring is 1. The number of nitrogens with two attached hydrogens (primary N) is 1. The van der Waals surface area contributed by atoms with Crippen molar-refractivity contribution in [2.45, 2.75) is 126 Å². The number of carbonyl (C=O) groups is 2. The Bertz CT molecular complexity index is 3110. The van der Waals surface area contributed by atoms with Crippen LogP contribution in [-0.2, 0) is 48.6 Å². The quantitative estimate of drug-likeness (QED) is 0.0525. The predicted octanol–water partition coefficient (Wildman–Crippen LogP) is 6.75. The molecule has 0 spiro atoms. The molecule has 10 rings (SSSR count). The summed E-state index contributed by atoms with van der Waals surface area (Å²) in [6.45, 7) is 11.0. The van der Waals surface area contributed by atoms with Crippen LogP contribution in [0.2, 0.25) is 0 Å². The third-order valence-electron chi connectivity index (χ3n) is 14.4. The Labute approximate surface area is 437 Å². The Kier molecular flexibility index (Phi) is 18.2. The molecule has 75 heavy (non-hydrogen) atoms. The number of carbonyl (C=O) groups excluding carboxylic acids is 1. The van der Waals surface area contributed by atoms with Gasteiger partial charge in [0.1, 0.15) is 11.0 Å². The summed E-state index contributed by atoms with van der Waals surface area (Å²) in [7, 11) is -7.50. The van der Waals surface area contributed by atoms with Crippen LogP contribution in [-0.4, -0.2) is 113 Å². The number of benzene rings is 2. The molecule has 6 atom stereocenters. The number of carboxylic acid groups (broad SMARTS) is 1. The Morgan fingerprint density at radius 3 is 1.49 bits per heavy atom. The number of anilines is 2. The van der Waals surface area contributed by atoms with Crippen LogP contribution in [0.3, 0.4) is 0 Å². The number of aliphatic carboxylic acids is 1. The fraction of sp³-hybridized carbons (Fsp3) is 0.500. The molecule has 6 N–H and O–H groups in total. The van der Waals surface area contributed by atoms with Gasteiger partial charge in [-0.2, -0.15) is 0 Å². The molecule has 4 fully saturated rings. The molecule has 2 saturated carbocycles. The van der Waals surface area contributed by atoms with Gasteiger partial charge in [0.15, 0.2) is 22.9 Å². The van der Waals surface area contributed by atoms with E-state index in [1.165, 1.54) is 24.8 Å². The van der Waals surface area contributed by atoms with Crippen LogP contribution in [0.1, 0.15) is 89.2 Å². The van der Waals surface area contributed by atoms with E-state index in [0.29, 0.717) is 35.5 Å². The van der Waals surface area contributed by atoms with Crippen molar-refractivity contribution in [3.05, 3.63) is 96.6 Å². The van der Waals surface area contributed by atoms with Crippen molar-refractivity contribution in [1.29, 1.82) is 0 Å². The molecule has 0 radical (unpaired) electrons. The second-order valence-electron chi connectivity index (χ2n) is 19.5.